The van der Waals surface area contributed by atoms with Gasteiger partial charge in [0.15, 0.2) is 5.11 Å². The zero-order valence-corrected chi connectivity index (χ0v) is 18.2. The molecule has 3 N–H and O–H groups in total. The summed E-state index contributed by atoms with van der Waals surface area (Å²) in [4.78, 5) is 12.6. The highest BCUT2D eigenvalue weighted by atomic mass is 32.2. The van der Waals surface area contributed by atoms with Gasteiger partial charge in [0.2, 0.25) is 10.0 Å². The molecule has 0 saturated carbocycles. The Labute approximate surface area is 176 Å². The Bertz CT molecular complexity index is 960. The van der Waals surface area contributed by atoms with Gasteiger partial charge in [0.05, 0.1) is 17.1 Å². The number of anilines is 1. The first-order valence-electron chi connectivity index (χ1n) is 9.23. The van der Waals surface area contributed by atoms with Crippen molar-refractivity contribution >= 4 is 38.9 Å². The first-order chi connectivity index (χ1) is 13.8. The molecule has 0 fully saturated rings. The molecule has 0 aromatic heterocycles. The van der Waals surface area contributed by atoms with E-state index in [1.54, 1.807) is 43.3 Å². The normalized spacial score (nSPS) is 12.1. The van der Waals surface area contributed by atoms with Crippen LogP contribution in [0.1, 0.15) is 37.6 Å². The van der Waals surface area contributed by atoms with Crippen LogP contribution in [0, 0.1) is 0 Å². The number of sulfonamides is 1. The Kier molecular flexibility index (Phi) is 8.12. The summed E-state index contributed by atoms with van der Waals surface area (Å²) in [6, 6.07) is 12.8. The standard InChI is InChI=1S/C20H25N3O4S2/c1-4-14(3)23-29(25,26)16-12-10-15(11-13-16)21-20(28)22-19(24)17-8-6-7-9-18(17)27-5-2/h6-14,23H,4-5H2,1-3H3,(H2,21,22,24,28). The van der Waals surface area contributed by atoms with Crippen LogP contribution in [0.4, 0.5) is 5.69 Å². The van der Waals surface area contributed by atoms with Crippen LogP contribution < -0.4 is 20.1 Å². The van der Waals surface area contributed by atoms with Crippen molar-refractivity contribution in [3.63, 3.8) is 0 Å². The first kappa shape index (κ1) is 22.8. The zero-order chi connectivity index (χ0) is 21.4. The molecule has 0 aliphatic rings. The second-order valence-corrected chi connectivity index (χ2v) is 8.41. The summed E-state index contributed by atoms with van der Waals surface area (Å²) in [5.74, 6) is 0.0715. The lowest BCUT2D eigenvalue weighted by atomic mass is 10.2. The molecule has 2 rings (SSSR count). The molecule has 0 aliphatic heterocycles. The molecule has 0 radical (unpaired) electrons. The maximum Gasteiger partial charge on any atom is 0.261 e. The van der Waals surface area contributed by atoms with E-state index in [9.17, 15) is 13.2 Å². The number of benzene rings is 2. The minimum atomic E-state index is -3.58. The predicted octanol–water partition coefficient (Wildman–Crippen LogP) is 3.29. The monoisotopic (exact) mass is 435 g/mol. The van der Waals surface area contributed by atoms with E-state index in [0.717, 1.165) is 0 Å². The first-order valence-corrected chi connectivity index (χ1v) is 11.1. The molecule has 9 heteroatoms. The molecule has 1 amide bonds. The number of hydrogen-bond acceptors (Lipinski definition) is 5. The molecule has 0 heterocycles. The predicted molar refractivity (Wildman–Crippen MR) is 118 cm³/mol. The fraction of sp³-hybridized carbons (Fsp3) is 0.300. The molecule has 2 aromatic rings. The van der Waals surface area contributed by atoms with Crippen LogP contribution in [0.5, 0.6) is 5.75 Å². The summed E-state index contributed by atoms with van der Waals surface area (Å²) in [5, 5.41) is 5.55. The van der Waals surface area contributed by atoms with Crippen molar-refractivity contribution in [2.75, 3.05) is 11.9 Å². The van der Waals surface area contributed by atoms with Gasteiger partial charge >= 0.3 is 0 Å². The molecular formula is C20H25N3O4S2. The molecule has 1 atom stereocenters. The Morgan fingerprint density at radius 2 is 1.76 bits per heavy atom. The Morgan fingerprint density at radius 1 is 1.10 bits per heavy atom. The van der Waals surface area contributed by atoms with Gasteiger partial charge in [0.1, 0.15) is 5.75 Å². The third-order valence-corrected chi connectivity index (χ3v) is 5.86. The van der Waals surface area contributed by atoms with Crippen molar-refractivity contribution < 1.29 is 17.9 Å². The minimum Gasteiger partial charge on any atom is -0.493 e. The topological polar surface area (TPSA) is 96.5 Å². The highest BCUT2D eigenvalue weighted by molar-refractivity contribution is 7.89. The van der Waals surface area contributed by atoms with Crippen LogP contribution >= 0.6 is 12.2 Å². The quantitative estimate of drug-likeness (QED) is 0.551. The van der Waals surface area contributed by atoms with E-state index in [0.29, 0.717) is 30.0 Å². The van der Waals surface area contributed by atoms with E-state index in [1.807, 2.05) is 13.8 Å². The maximum absolute atomic E-state index is 12.5. The van der Waals surface area contributed by atoms with Gasteiger partial charge in [-0.15, -0.1) is 0 Å². The summed E-state index contributed by atoms with van der Waals surface area (Å²) in [7, 11) is -3.58. The lowest BCUT2D eigenvalue weighted by Gasteiger charge is -2.14. The van der Waals surface area contributed by atoms with Crippen molar-refractivity contribution in [2.45, 2.75) is 38.1 Å². The highest BCUT2D eigenvalue weighted by Crippen LogP contribution is 2.18. The van der Waals surface area contributed by atoms with Crippen molar-refractivity contribution in [1.29, 1.82) is 0 Å². The second kappa shape index (κ2) is 10.3. The van der Waals surface area contributed by atoms with Gasteiger partial charge in [0.25, 0.3) is 5.91 Å². The van der Waals surface area contributed by atoms with Crippen LogP contribution in [0.3, 0.4) is 0 Å². The van der Waals surface area contributed by atoms with E-state index >= 15 is 0 Å². The fourth-order valence-electron chi connectivity index (χ4n) is 2.40. The number of thiocarbonyl (C=S) groups is 1. The SMILES string of the molecule is CCOc1ccccc1C(=O)NC(=S)Nc1ccc(S(=O)(=O)NC(C)CC)cc1. The molecule has 0 spiro atoms. The number of amides is 1. The van der Waals surface area contributed by atoms with Crippen LogP contribution in [0.2, 0.25) is 0 Å². The van der Waals surface area contributed by atoms with E-state index in [2.05, 4.69) is 15.4 Å². The van der Waals surface area contributed by atoms with Crippen LogP contribution in [-0.4, -0.2) is 32.1 Å². The number of carbonyl (C=O) groups excluding carboxylic acids is 1. The van der Waals surface area contributed by atoms with E-state index in [1.165, 1.54) is 12.1 Å². The lowest BCUT2D eigenvalue weighted by Crippen LogP contribution is -2.34. The van der Waals surface area contributed by atoms with E-state index in [4.69, 9.17) is 17.0 Å². The number of carbonyl (C=O) groups is 1. The van der Waals surface area contributed by atoms with Crippen molar-refractivity contribution in [1.82, 2.24) is 10.0 Å². The molecule has 7 nitrogen and oxygen atoms in total. The number of ether oxygens (including phenoxy) is 1. The molecule has 156 valence electrons. The average Bonchev–Trinajstić information content (AvgIpc) is 2.68. The van der Waals surface area contributed by atoms with Gasteiger partial charge in [0, 0.05) is 11.7 Å². The zero-order valence-electron chi connectivity index (χ0n) is 16.6. The van der Waals surface area contributed by atoms with Crippen molar-refractivity contribution in [3.05, 3.63) is 54.1 Å². The highest BCUT2D eigenvalue weighted by Gasteiger charge is 2.17. The van der Waals surface area contributed by atoms with Crippen molar-refractivity contribution in [3.8, 4) is 5.75 Å². The number of para-hydroxylation sites is 1. The summed E-state index contributed by atoms with van der Waals surface area (Å²) in [5.41, 5.74) is 0.923. The third kappa shape index (κ3) is 6.52. The van der Waals surface area contributed by atoms with E-state index < -0.39 is 15.9 Å². The summed E-state index contributed by atoms with van der Waals surface area (Å²) >= 11 is 5.18. The molecular weight excluding hydrogens is 410 g/mol. The smallest absolute Gasteiger partial charge is 0.261 e. The summed E-state index contributed by atoms with van der Waals surface area (Å²) in [6.07, 6.45) is 0.694. The second-order valence-electron chi connectivity index (χ2n) is 6.29. The molecule has 0 bridgehead atoms. The Morgan fingerprint density at radius 3 is 2.38 bits per heavy atom. The summed E-state index contributed by atoms with van der Waals surface area (Å²) in [6.45, 7) is 5.98. The van der Waals surface area contributed by atoms with Gasteiger partial charge in [-0.2, -0.15) is 0 Å². The van der Waals surface area contributed by atoms with Gasteiger partial charge in [-0.3, -0.25) is 10.1 Å². The molecule has 0 saturated heterocycles. The minimum absolute atomic E-state index is 0.0923. The molecule has 0 aliphatic carbocycles. The third-order valence-electron chi connectivity index (χ3n) is 4.05. The Hall–Kier alpha value is -2.49. The van der Waals surface area contributed by atoms with Crippen LogP contribution in [0.15, 0.2) is 53.4 Å². The van der Waals surface area contributed by atoms with Gasteiger partial charge in [-0.25, -0.2) is 13.1 Å². The van der Waals surface area contributed by atoms with Crippen molar-refractivity contribution in [2.24, 2.45) is 0 Å². The summed E-state index contributed by atoms with van der Waals surface area (Å²) < 4.78 is 32.6. The lowest BCUT2D eigenvalue weighted by molar-refractivity contribution is 0.0974. The van der Waals surface area contributed by atoms with E-state index in [-0.39, 0.29) is 16.0 Å². The van der Waals surface area contributed by atoms with Gasteiger partial charge in [-0.1, -0.05) is 19.1 Å². The number of rotatable bonds is 8. The molecule has 29 heavy (non-hydrogen) atoms. The average molecular weight is 436 g/mol. The number of nitrogens with one attached hydrogen (secondary N) is 3. The maximum atomic E-state index is 12.5. The Balaban J connectivity index is 2.02. The van der Waals surface area contributed by atoms with Gasteiger partial charge in [-0.05, 0) is 68.9 Å². The molecule has 1 unspecified atom stereocenters. The van der Waals surface area contributed by atoms with Crippen LogP contribution in [-0.2, 0) is 10.0 Å². The largest absolute Gasteiger partial charge is 0.493 e. The van der Waals surface area contributed by atoms with Gasteiger partial charge < -0.3 is 10.1 Å². The number of hydrogen-bond donors (Lipinski definition) is 3. The fourth-order valence-corrected chi connectivity index (χ4v) is 3.94. The molecule has 2 aromatic carbocycles. The van der Waals surface area contributed by atoms with Crippen LogP contribution in [0.25, 0.3) is 0 Å².